The van der Waals surface area contributed by atoms with E-state index in [9.17, 15) is 14.7 Å². The number of ketones is 1. The Kier molecular flexibility index (Phi) is 5.02. The van der Waals surface area contributed by atoms with Gasteiger partial charge in [-0.25, -0.2) is 0 Å². The van der Waals surface area contributed by atoms with Gasteiger partial charge in [-0.15, -0.1) is 0 Å². The third kappa shape index (κ3) is 3.06. The molecule has 1 atom stereocenters. The Labute approximate surface area is 151 Å². The lowest BCUT2D eigenvalue weighted by Crippen LogP contribution is -2.31. The number of aromatic nitrogens is 1. The van der Waals surface area contributed by atoms with Crippen molar-refractivity contribution in [3.8, 4) is 5.75 Å². The molecule has 1 aliphatic heterocycles. The van der Waals surface area contributed by atoms with Gasteiger partial charge in [0.25, 0.3) is 5.91 Å². The molecule has 0 bridgehead atoms. The van der Waals surface area contributed by atoms with Crippen LogP contribution in [0.25, 0.3) is 0 Å². The molecule has 6 nitrogen and oxygen atoms in total. The van der Waals surface area contributed by atoms with Crippen molar-refractivity contribution in [1.29, 1.82) is 0 Å². The smallest absolute Gasteiger partial charge is 0.290 e. The Morgan fingerprint density at radius 1 is 1.23 bits per heavy atom. The third-order valence-corrected chi connectivity index (χ3v) is 4.46. The number of hydrogen-bond acceptors (Lipinski definition) is 5. The minimum absolute atomic E-state index is 0.121. The van der Waals surface area contributed by atoms with E-state index in [1.807, 2.05) is 12.1 Å². The second-order valence-corrected chi connectivity index (χ2v) is 5.97. The molecule has 1 amide bonds. The van der Waals surface area contributed by atoms with Crippen molar-refractivity contribution in [3.05, 3.63) is 71.3 Å². The van der Waals surface area contributed by atoms with E-state index >= 15 is 0 Å². The van der Waals surface area contributed by atoms with Gasteiger partial charge in [0, 0.05) is 30.9 Å². The molecule has 0 radical (unpaired) electrons. The highest BCUT2D eigenvalue weighted by Gasteiger charge is 2.43. The highest BCUT2D eigenvalue weighted by Crippen LogP contribution is 2.42. The molecule has 0 saturated heterocycles. The molecule has 134 valence electrons. The fraction of sp³-hybridized carbons (Fsp3) is 0.250. The summed E-state index contributed by atoms with van der Waals surface area (Å²) in [6.45, 7) is 1.95. The first-order chi connectivity index (χ1) is 12.6. The fourth-order valence-corrected chi connectivity index (χ4v) is 3.19. The Hall–Kier alpha value is -3.15. The van der Waals surface area contributed by atoms with Crippen LogP contribution < -0.4 is 4.74 Å². The first-order valence-electron chi connectivity index (χ1n) is 8.37. The largest absolute Gasteiger partial charge is 0.503 e. The molecule has 1 aromatic heterocycles. The van der Waals surface area contributed by atoms with Gasteiger partial charge in [-0.1, -0.05) is 25.1 Å². The topological polar surface area (TPSA) is 79.7 Å². The number of rotatable bonds is 6. The zero-order chi connectivity index (χ0) is 18.7. The van der Waals surface area contributed by atoms with Crippen LogP contribution in [0.1, 0.15) is 30.5 Å². The predicted molar refractivity (Wildman–Crippen MR) is 95.5 cm³/mol. The fourth-order valence-electron chi connectivity index (χ4n) is 3.19. The minimum Gasteiger partial charge on any atom is -0.503 e. The number of aliphatic hydroxyl groups is 1. The lowest BCUT2D eigenvalue weighted by atomic mass is 9.94. The standard InChI is InChI=1S/C20H20N2O4/c1-3-15(23)17-18(14-6-4-5-7-16(14)26-2)22(20(25)19(17)24)12-13-8-10-21-11-9-13/h4-11,18,24H,3,12H2,1-2H3. The van der Waals surface area contributed by atoms with E-state index in [1.165, 1.54) is 12.0 Å². The zero-order valence-electron chi connectivity index (χ0n) is 14.7. The molecule has 3 rings (SSSR count). The van der Waals surface area contributed by atoms with Crippen molar-refractivity contribution in [2.24, 2.45) is 0 Å². The number of pyridine rings is 1. The molecule has 0 saturated carbocycles. The SMILES string of the molecule is CCC(=O)C1=C(O)C(=O)N(Cc2ccncc2)C1c1ccccc1OC. The van der Waals surface area contributed by atoms with E-state index in [1.54, 1.807) is 43.6 Å². The van der Waals surface area contributed by atoms with E-state index in [0.29, 0.717) is 11.3 Å². The molecule has 1 unspecified atom stereocenters. The number of para-hydroxylation sites is 1. The van der Waals surface area contributed by atoms with Gasteiger partial charge in [0.05, 0.1) is 18.7 Å². The summed E-state index contributed by atoms with van der Waals surface area (Å²) in [6.07, 6.45) is 3.47. The molecular formula is C20H20N2O4. The number of aliphatic hydroxyl groups excluding tert-OH is 1. The number of carbonyl (C=O) groups is 2. The third-order valence-electron chi connectivity index (χ3n) is 4.46. The van der Waals surface area contributed by atoms with Gasteiger partial charge in [-0.05, 0) is 23.8 Å². The number of Topliss-reactive ketones (excluding diaryl/α,β-unsaturated/α-hetero) is 1. The van der Waals surface area contributed by atoms with Crippen molar-refractivity contribution in [1.82, 2.24) is 9.88 Å². The number of benzene rings is 1. The number of hydrogen-bond donors (Lipinski definition) is 1. The van der Waals surface area contributed by atoms with Gasteiger partial charge >= 0.3 is 0 Å². The molecule has 1 aliphatic rings. The summed E-state index contributed by atoms with van der Waals surface area (Å²) in [7, 11) is 1.54. The number of amides is 1. The van der Waals surface area contributed by atoms with Gasteiger partial charge in [0.1, 0.15) is 5.75 Å². The average Bonchev–Trinajstić information content (AvgIpc) is 2.93. The summed E-state index contributed by atoms with van der Waals surface area (Å²) >= 11 is 0. The zero-order valence-corrected chi connectivity index (χ0v) is 14.7. The van der Waals surface area contributed by atoms with Crippen molar-refractivity contribution in [2.45, 2.75) is 25.9 Å². The number of nitrogens with zero attached hydrogens (tertiary/aromatic N) is 2. The number of methoxy groups -OCH3 is 1. The number of carbonyl (C=O) groups excluding carboxylic acids is 2. The second kappa shape index (κ2) is 7.39. The van der Waals surface area contributed by atoms with Crippen LogP contribution >= 0.6 is 0 Å². The summed E-state index contributed by atoms with van der Waals surface area (Å²) in [5.41, 5.74) is 1.64. The normalized spacial score (nSPS) is 16.9. The molecule has 1 N–H and O–H groups in total. The van der Waals surface area contributed by atoms with Gasteiger partial charge in [-0.3, -0.25) is 14.6 Å². The first-order valence-corrected chi connectivity index (χ1v) is 8.37. The summed E-state index contributed by atoms with van der Waals surface area (Å²) in [6, 6.07) is 10.1. The van der Waals surface area contributed by atoms with Crippen LogP contribution in [0.4, 0.5) is 0 Å². The summed E-state index contributed by atoms with van der Waals surface area (Å²) in [5, 5.41) is 10.4. The van der Waals surface area contributed by atoms with Crippen LogP contribution in [0, 0.1) is 0 Å². The van der Waals surface area contributed by atoms with Crippen molar-refractivity contribution in [3.63, 3.8) is 0 Å². The lowest BCUT2D eigenvalue weighted by Gasteiger charge is -2.28. The maximum Gasteiger partial charge on any atom is 0.290 e. The molecule has 0 spiro atoms. The van der Waals surface area contributed by atoms with Gasteiger partial charge in [-0.2, -0.15) is 0 Å². The maximum atomic E-state index is 12.7. The molecule has 0 aliphatic carbocycles. The summed E-state index contributed by atoms with van der Waals surface area (Å²) in [4.78, 5) is 30.7. The molecule has 2 heterocycles. The van der Waals surface area contributed by atoms with E-state index in [4.69, 9.17) is 4.74 Å². The van der Waals surface area contributed by atoms with Crippen LogP contribution in [0.3, 0.4) is 0 Å². The molecular weight excluding hydrogens is 332 g/mol. The molecule has 0 fully saturated rings. The molecule has 2 aromatic rings. The van der Waals surface area contributed by atoms with E-state index in [2.05, 4.69) is 4.98 Å². The highest BCUT2D eigenvalue weighted by molar-refractivity contribution is 6.08. The highest BCUT2D eigenvalue weighted by atomic mass is 16.5. The minimum atomic E-state index is -0.695. The lowest BCUT2D eigenvalue weighted by molar-refractivity contribution is -0.130. The van der Waals surface area contributed by atoms with Crippen molar-refractivity contribution in [2.75, 3.05) is 7.11 Å². The van der Waals surface area contributed by atoms with Gasteiger partial charge in [0.15, 0.2) is 11.5 Å². The van der Waals surface area contributed by atoms with E-state index in [0.717, 1.165) is 5.56 Å². The Bertz CT molecular complexity index is 861. The Morgan fingerprint density at radius 3 is 2.58 bits per heavy atom. The molecule has 1 aromatic carbocycles. The van der Waals surface area contributed by atoms with Crippen LogP contribution in [0.5, 0.6) is 5.75 Å². The Balaban J connectivity index is 2.11. The van der Waals surface area contributed by atoms with Gasteiger partial charge in [0.2, 0.25) is 0 Å². The van der Waals surface area contributed by atoms with E-state index < -0.39 is 17.7 Å². The van der Waals surface area contributed by atoms with Crippen LogP contribution in [0.15, 0.2) is 60.1 Å². The predicted octanol–water partition coefficient (Wildman–Crippen LogP) is 2.96. The Morgan fingerprint density at radius 2 is 1.92 bits per heavy atom. The van der Waals surface area contributed by atoms with Crippen LogP contribution in [0.2, 0.25) is 0 Å². The van der Waals surface area contributed by atoms with Crippen LogP contribution in [-0.2, 0) is 16.1 Å². The summed E-state index contributed by atoms with van der Waals surface area (Å²) in [5.74, 6) is -0.749. The first kappa shape index (κ1) is 17.7. The van der Waals surface area contributed by atoms with Crippen molar-refractivity contribution >= 4 is 11.7 Å². The maximum absolute atomic E-state index is 12.7. The summed E-state index contributed by atoms with van der Waals surface area (Å²) < 4.78 is 5.42. The molecule has 26 heavy (non-hydrogen) atoms. The monoisotopic (exact) mass is 352 g/mol. The number of ether oxygens (including phenoxy) is 1. The average molecular weight is 352 g/mol. The van der Waals surface area contributed by atoms with Gasteiger partial charge < -0.3 is 14.7 Å². The molecule has 6 heteroatoms. The quantitative estimate of drug-likeness (QED) is 0.864. The second-order valence-electron chi connectivity index (χ2n) is 5.97. The van der Waals surface area contributed by atoms with Crippen molar-refractivity contribution < 1.29 is 19.4 Å². The van der Waals surface area contributed by atoms with E-state index in [-0.39, 0.29) is 24.3 Å². The van der Waals surface area contributed by atoms with Crippen LogP contribution in [-0.4, -0.2) is 33.8 Å².